The fraction of sp³-hybridized carbons (Fsp3) is 0.281. The second kappa shape index (κ2) is 9.54. The lowest BCUT2D eigenvalue weighted by Crippen LogP contribution is -2.32. The maximum atomic E-state index is 14.1. The quantitative estimate of drug-likeness (QED) is 0.398. The van der Waals surface area contributed by atoms with Crippen LogP contribution < -0.4 is 14.2 Å². The summed E-state index contributed by atoms with van der Waals surface area (Å²) in [7, 11) is 5.98. The number of rotatable bonds is 8. The fourth-order valence-electron chi connectivity index (χ4n) is 6.49. The number of esters is 1. The molecule has 3 aromatic rings. The van der Waals surface area contributed by atoms with E-state index < -0.39 is 11.4 Å². The SMILES string of the molecule is COC(=O)C1=NC2=C(OCc3ccccc3)C=C3N(C(=O)c4cc5cc(OC)c(OC)c(OC)c5[nH]4)C[C@H]4C[C@@]34C2=C1. The number of likely N-dealkylation sites (tertiary alicyclic amines) is 1. The van der Waals surface area contributed by atoms with Gasteiger partial charge in [-0.15, -0.1) is 0 Å². The van der Waals surface area contributed by atoms with E-state index in [0.29, 0.717) is 53.1 Å². The first-order valence-corrected chi connectivity index (χ1v) is 13.6. The van der Waals surface area contributed by atoms with E-state index in [1.807, 2.05) is 42.5 Å². The third-order valence-corrected chi connectivity index (χ3v) is 8.53. The first-order valence-electron chi connectivity index (χ1n) is 13.6. The Balaban J connectivity index is 1.28. The van der Waals surface area contributed by atoms with E-state index >= 15 is 0 Å². The van der Waals surface area contributed by atoms with Crippen molar-refractivity contribution in [1.29, 1.82) is 0 Å². The summed E-state index contributed by atoms with van der Waals surface area (Å²) in [6.07, 6.45) is 4.57. The van der Waals surface area contributed by atoms with Crippen LogP contribution in [0.3, 0.4) is 0 Å². The van der Waals surface area contributed by atoms with Crippen LogP contribution in [0.15, 0.2) is 82.3 Å². The van der Waals surface area contributed by atoms with Gasteiger partial charge >= 0.3 is 5.97 Å². The van der Waals surface area contributed by atoms with Crippen LogP contribution in [-0.4, -0.2) is 62.5 Å². The van der Waals surface area contributed by atoms with Gasteiger partial charge in [-0.1, -0.05) is 30.3 Å². The van der Waals surface area contributed by atoms with Crippen LogP contribution >= 0.6 is 0 Å². The lowest BCUT2D eigenvalue weighted by Gasteiger charge is -2.30. The molecule has 42 heavy (non-hydrogen) atoms. The highest BCUT2D eigenvalue weighted by Gasteiger charge is 2.68. The Morgan fingerprint density at radius 2 is 1.81 bits per heavy atom. The number of aliphatic imine (C=N–C) groups is 1. The maximum Gasteiger partial charge on any atom is 0.356 e. The number of aromatic nitrogens is 1. The molecule has 1 saturated carbocycles. The molecule has 2 atom stereocenters. The second-order valence-corrected chi connectivity index (χ2v) is 10.6. The zero-order valence-corrected chi connectivity index (χ0v) is 23.6. The highest BCUT2D eigenvalue weighted by atomic mass is 16.5. The van der Waals surface area contributed by atoms with Crippen molar-refractivity contribution in [2.24, 2.45) is 16.3 Å². The molecule has 3 heterocycles. The van der Waals surface area contributed by atoms with Gasteiger partial charge in [0.1, 0.15) is 29.5 Å². The zero-order valence-electron chi connectivity index (χ0n) is 23.6. The van der Waals surface area contributed by atoms with Gasteiger partial charge < -0.3 is 33.6 Å². The number of hydrogen-bond donors (Lipinski definition) is 1. The summed E-state index contributed by atoms with van der Waals surface area (Å²) >= 11 is 0. The first-order chi connectivity index (χ1) is 20.4. The van der Waals surface area contributed by atoms with Gasteiger partial charge in [0.05, 0.1) is 34.0 Å². The van der Waals surface area contributed by atoms with Crippen molar-refractivity contribution < 1.29 is 33.3 Å². The third kappa shape index (κ3) is 3.67. The molecule has 10 nitrogen and oxygen atoms in total. The summed E-state index contributed by atoms with van der Waals surface area (Å²) in [6, 6.07) is 13.4. The lowest BCUT2D eigenvalue weighted by molar-refractivity contribution is -0.132. The van der Waals surface area contributed by atoms with Crippen LogP contribution in [0.1, 0.15) is 22.5 Å². The molecule has 214 valence electrons. The number of H-pyrrole nitrogens is 1. The van der Waals surface area contributed by atoms with E-state index in [1.165, 1.54) is 7.11 Å². The number of nitrogens with zero attached hydrogens (tertiary/aromatic N) is 2. The number of hydrogen-bond acceptors (Lipinski definition) is 8. The molecule has 10 heteroatoms. The van der Waals surface area contributed by atoms with Gasteiger partial charge in [-0.05, 0) is 41.7 Å². The highest BCUT2D eigenvalue weighted by Crippen LogP contribution is 2.71. The van der Waals surface area contributed by atoms with Gasteiger partial charge in [-0.2, -0.15) is 0 Å². The molecule has 1 saturated heterocycles. The Morgan fingerprint density at radius 3 is 2.52 bits per heavy atom. The number of methoxy groups -OCH3 is 4. The minimum absolute atomic E-state index is 0.178. The number of carbonyl (C=O) groups is 2. The van der Waals surface area contributed by atoms with Gasteiger partial charge in [0.15, 0.2) is 11.5 Å². The Hall–Kier alpha value is -4.99. The molecule has 2 aliphatic heterocycles. The molecular weight excluding hydrogens is 538 g/mol. The lowest BCUT2D eigenvalue weighted by atomic mass is 9.84. The third-order valence-electron chi connectivity index (χ3n) is 8.53. The van der Waals surface area contributed by atoms with Crippen LogP contribution in [0.4, 0.5) is 0 Å². The molecule has 4 aliphatic rings. The number of fused-ring (bicyclic) bond motifs is 2. The average Bonchev–Trinajstić information content (AvgIpc) is 3.34. The van der Waals surface area contributed by atoms with Crippen LogP contribution in [0.5, 0.6) is 17.2 Å². The largest absolute Gasteiger partial charge is 0.493 e. The Bertz CT molecular complexity index is 1780. The van der Waals surface area contributed by atoms with Gasteiger partial charge in [0.2, 0.25) is 5.75 Å². The monoisotopic (exact) mass is 567 g/mol. The molecular formula is C32H29N3O7. The number of ether oxygens (including phenoxy) is 5. The summed E-state index contributed by atoms with van der Waals surface area (Å²) in [6.45, 7) is 0.851. The smallest absolute Gasteiger partial charge is 0.356 e. The van der Waals surface area contributed by atoms with Crippen LogP contribution in [-0.2, 0) is 20.9 Å². The molecule has 1 spiro atoms. The number of nitrogens with one attached hydrogen (secondary N) is 1. The first kappa shape index (κ1) is 25.9. The van der Waals surface area contributed by atoms with Gasteiger partial charge in [0, 0.05) is 29.1 Å². The molecule has 0 radical (unpaired) electrons. The predicted octanol–water partition coefficient (Wildman–Crippen LogP) is 4.54. The molecule has 0 bridgehead atoms. The topological polar surface area (TPSA) is 112 Å². The molecule has 2 aromatic carbocycles. The van der Waals surface area contributed by atoms with Crippen molar-refractivity contribution >= 4 is 28.5 Å². The van der Waals surface area contributed by atoms with Crippen molar-refractivity contribution in [3.05, 3.63) is 88.6 Å². The van der Waals surface area contributed by atoms with Crippen LogP contribution in [0.2, 0.25) is 0 Å². The molecule has 1 aromatic heterocycles. The van der Waals surface area contributed by atoms with E-state index in [1.54, 1.807) is 38.4 Å². The minimum atomic E-state index is -0.509. The summed E-state index contributed by atoms with van der Waals surface area (Å²) in [5, 5.41) is 0.758. The zero-order chi connectivity index (χ0) is 29.2. The molecule has 0 unspecified atom stereocenters. The van der Waals surface area contributed by atoms with Crippen LogP contribution in [0, 0.1) is 11.3 Å². The van der Waals surface area contributed by atoms with Gasteiger partial charge in [0.25, 0.3) is 5.91 Å². The number of piperidine rings is 1. The summed E-state index contributed by atoms with van der Waals surface area (Å²) in [4.78, 5) is 36.3. The normalized spacial score (nSPS) is 21.6. The van der Waals surface area contributed by atoms with Gasteiger partial charge in [-0.3, -0.25) is 4.79 Å². The minimum Gasteiger partial charge on any atom is -0.493 e. The summed E-state index contributed by atoms with van der Waals surface area (Å²) < 4.78 is 27.9. The van der Waals surface area contributed by atoms with Gasteiger partial charge in [-0.25, -0.2) is 9.79 Å². The predicted molar refractivity (Wildman–Crippen MR) is 153 cm³/mol. The Morgan fingerprint density at radius 1 is 1.02 bits per heavy atom. The van der Waals surface area contributed by atoms with Crippen molar-refractivity contribution in [3.8, 4) is 17.2 Å². The van der Waals surface area contributed by atoms with E-state index in [9.17, 15) is 9.59 Å². The van der Waals surface area contributed by atoms with Crippen molar-refractivity contribution in [1.82, 2.24) is 9.88 Å². The van der Waals surface area contributed by atoms with Crippen LogP contribution in [0.25, 0.3) is 10.9 Å². The number of aromatic amines is 1. The molecule has 1 N–H and O–H groups in total. The average molecular weight is 568 g/mol. The fourth-order valence-corrected chi connectivity index (χ4v) is 6.49. The molecule has 2 aliphatic carbocycles. The van der Waals surface area contributed by atoms with E-state index in [2.05, 4.69) is 9.98 Å². The Kier molecular flexibility index (Phi) is 5.89. The van der Waals surface area contributed by atoms with Crippen molar-refractivity contribution in [3.63, 3.8) is 0 Å². The Labute approximate surface area is 241 Å². The molecule has 1 amide bonds. The number of amides is 1. The second-order valence-electron chi connectivity index (χ2n) is 10.6. The van der Waals surface area contributed by atoms with E-state index in [-0.39, 0.29) is 17.5 Å². The standard InChI is InChI=1S/C32H29N3O7/c1-38-24-11-18-10-21(33-26(18)29(40-3)28(24)39-2)30(36)35-15-19-14-32(19)20-12-22(31(37)41-4)34-27(20)23(13-25(32)35)42-16-17-8-6-5-7-9-17/h5-13,19,33H,14-16H2,1-4H3/t19-,32-/m1/s1. The summed E-state index contributed by atoms with van der Waals surface area (Å²) in [5.74, 6) is 1.43. The number of carbonyl (C=O) groups excluding carboxylic acids is 2. The number of allylic oxidation sites excluding steroid dienone is 3. The molecule has 7 rings (SSSR count). The van der Waals surface area contributed by atoms with E-state index in [0.717, 1.165) is 28.6 Å². The highest BCUT2D eigenvalue weighted by molar-refractivity contribution is 6.42. The van der Waals surface area contributed by atoms with Crippen molar-refractivity contribution in [2.45, 2.75) is 13.0 Å². The van der Waals surface area contributed by atoms with E-state index in [4.69, 9.17) is 23.7 Å². The molecule has 2 fully saturated rings. The summed E-state index contributed by atoms with van der Waals surface area (Å²) in [5.41, 5.74) is 4.24. The van der Waals surface area contributed by atoms with Crippen molar-refractivity contribution in [2.75, 3.05) is 35.0 Å². The maximum absolute atomic E-state index is 14.1. The number of benzene rings is 2.